The number of rotatable bonds is 8. The molecule has 1 aromatic carbocycles. The number of nitrogens with zero attached hydrogens (tertiary/aromatic N) is 3. The van der Waals surface area contributed by atoms with E-state index in [0.717, 1.165) is 0 Å². The molecule has 0 radical (unpaired) electrons. The molecule has 10 heteroatoms. The zero-order valence-electron chi connectivity index (χ0n) is 17.7. The molecule has 4 N–H and O–H groups in total. The van der Waals surface area contributed by atoms with Gasteiger partial charge >= 0.3 is 0 Å². The standard InChI is InChI=1S/C22H24F2N6O2/c1-13-9-27-20(28-11-22(23,24)16-7-5-4-6-8-16)21(32)30(13)18-17(10-26-12-31)14(2)15(3)29-19(18)25/h4-9,12,15H,2,10-11H2,1,3H3,(H2,25,29)(H,26,31)(H,27,28). The molecule has 0 spiro atoms. The van der Waals surface area contributed by atoms with Crippen molar-refractivity contribution in [1.82, 2.24) is 14.9 Å². The highest BCUT2D eigenvalue weighted by atomic mass is 19.3. The second-order valence-electron chi connectivity index (χ2n) is 7.35. The summed E-state index contributed by atoms with van der Waals surface area (Å²) in [4.78, 5) is 32.4. The van der Waals surface area contributed by atoms with Crippen LogP contribution in [-0.4, -0.2) is 40.9 Å². The summed E-state index contributed by atoms with van der Waals surface area (Å²) in [5.74, 6) is -3.42. The molecule has 2 heterocycles. The lowest BCUT2D eigenvalue weighted by Gasteiger charge is -2.27. The maximum Gasteiger partial charge on any atom is 0.298 e. The molecule has 8 nitrogen and oxygen atoms in total. The van der Waals surface area contributed by atoms with E-state index in [9.17, 15) is 18.4 Å². The van der Waals surface area contributed by atoms with Gasteiger partial charge in [0, 0.05) is 29.6 Å². The third-order valence-corrected chi connectivity index (χ3v) is 5.15. The van der Waals surface area contributed by atoms with Crippen molar-refractivity contribution in [3.05, 3.63) is 75.9 Å². The zero-order chi connectivity index (χ0) is 23.5. The first-order valence-corrected chi connectivity index (χ1v) is 9.86. The fraction of sp³-hybridized carbons (Fsp3) is 0.273. The molecule has 1 atom stereocenters. The Hall–Kier alpha value is -3.82. The van der Waals surface area contributed by atoms with Gasteiger partial charge in [0.05, 0.1) is 18.3 Å². The van der Waals surface area contributed by atoms with Gasteiger partial charge in [0.15, 0.2) is 5.82 Å². The van der Waals surface area contributed by atoms with Crippen LogP contribution < -0.4 is 21.9 Å². The van der Waals surface area contributed by atoms with E-state index in [4.69, 9.17) is 5.73 Å². The minimum absolute atomic E-state index is 0.0707. The summed E-state index contributed by atoms with van der Waals surface area (Å²) in [5.41, 5.74) is 7.05. The van der Waals surface area contributed by atoms with Crippen LogP contribution in [0.4, 0.5) is 14.6 Å². The van der Waals surface area contributed by atoms with E-state index < -0.39 is 18.0 Å². The van der Waals surface area contributed by atoms with Crippen LogP contribution in [-0.2, 0) is 10.7 Å². The van der Waals surface area contributed by atoms with Crippen molar-refractivity contribution in [3.63, 3.8) is 0 Å². The van der Waals surface area contributed by atoms with E-state index in [1.54, 1.807) is 19.9 Å². The van der Waals surface area contributed by atoms with Crippen LogP contribution in [0.1, 0.15) is 18.2 Å². The number of carbonyl (C=O) groups excluding carboxylic acids is 1. The lowest BCUT2D eigenvalue weighted by molar-refractivity contribution is -0.109. The minimum atomic E-state index is -3.22. The maximum absolute atomic E-state index is 14.6. The SMILES string of the molecule is C=C1C(CNC=O)=C(n2c(C)cnc(NCC(F)(F)c3ccccc3)c2=O)C(N)=NC1C. The van der Waals surface area contributed by atoms with E-state index in [0.29, 0.717) is 23.3 Å². The summed E-state index contributed by atoms with van der Waals surface area (Å²) in [7, 11) is 0. The summed E-state index contributed by atoms with van der Waals surface area (Å²) in [6.45, 7) is 6.66. The predicted octanol–water partition coefficient (Wildman–Crippen LogP) is 2.03. The largest absolute Gasteiger partial charge is 0.382 e. The van der Waals surface area contributed by atoms with Gasteiger partial charge in [-0.2, -0.15) is 8.78 Å². The quantitative estimate of drug-likeness (QED) is 0.541. The lowest BCUT2D eigenvalue weighted by Crippen LogP contribution is -2.37. The highest BCUT2D eigenvalue weighted by Crippen LogP contribution is 2.29. The third kappa shape index (κ3) is 4.43. The van der Waals surface area contributed by atoms with E-state index in [1.807, 2.05) is 0 Å². The number of nitrogens with one attached hydrogen (secondary N) is 2. The van der Waals surface area contributed by atoms with Crippen LogP contribution in [0.2, 0.25) is 0 Å². The second-order valence-corrected chi connectivity index (χ2v) is 7.35. The number of amidine groups is 1. The van der Waals surface area contributed by atoms with Crippen molar-refractivity contribution in [2.24, 2.45) is 10.7 Å². The number of nitrogens with two attached hydrogens (primary N) is 1. The average molecular weight is 442 g/mol. The number of hydrogen-bond acceptors (Lipinski definition) is 6. The third-order valence-electron chi connectivity index (χ3n) is 5.15. The van der Waals surface area contributed by atoms with Crippen molar-refractivity contribution in [2.45, 2.75) is 25.8 Å². The van der Waals surface area contributed by atoms with Gasteiger partial charge in [0.2, 0.25) is 6.41 Å². The molecule has 0 saturated heterocycles. The van der Waals surface area contributed by atoms with E-state index >= 15 is 0 Å². The zero-order valence-corrected chi connectivity index (χ0v) is 17.7. The molecule has 1 aliphatic heterocycles. The van der Waals surface area contributed by atoms with Crippen LogP contribution in [0.3, 0.4) is 0 Å². The maximum atomic E-state index is 14.6. The van der Waals surface area contributed by atoms with Gasteiger partial charge in [-0.3, -0.25) is 19.1 Å². The number of dihydropyridines is 1. The Labute approximate surface area is 183 Å². The van der Waals surface area contributed by atoms with Gasteiger partial charge in [-0.25, -0.2) is 4.98 Å². The Balaban J connectivity index is 2.03. The molecule has 3 rings (SSSR count). The summed E-state index contributed by atoms with van der Waals surface area (Å²) in [5, 5.41) is 5.01. The van der Waals surface area contributed by atoms with Crippen molar-refractivity contribution in [2.75, 3.05) is 18.4 Å². The summed E-state index contributed by atoms with van der Waals surface area (Å²) >= 11 is 0. The number of aryl methyl sites for hydroxylation is 1. The second kappa shape index (κ2) is 9.13. The number of anilines is 1. The van der Waals surface area contributed by atoms with Gasteiger partial charge in [0.1, 0.15) is 5.84 Å². The molecule has 168 valence electrons. The fourth-order valence-electron chi connectivity index (χ4n) is 3.41. The number of halogens is 2. The summed E-state index contributed by atoms with van der Waals surface area (Å²) < 4.78 is 30.4. The number of benzene rings is 1. The Morgan fingerprint density at radius 3 is 2.66 bits per heavy atom. The number of aromatic nitrogens is 2. The van der Waals surface area contributed by atoms with E-state index in [2.05, 4.69) is 27.2 Å². The van der Waals surface area contributed by atoms with Crippen molar-refractivity contribution >= 4 is 23.8 Å². The van der Waals surface area contributed by atoms with E-state index in [-0.39, 0.29) is 35.5 Å². The molecule has 32 heavy (non-hydrogen) atoms. The smallest absolute Gasteiger partial charge is 0.298 e. The Kier molecular flexibility index (Phi) is 6.52. The fourth-order valence-corrected chi connectivity index (χ4v) is 3.41. The van der Waals surface area contributed by atoms with Gasteiger partial charge in [-0.15, -0.1) is 0 Å². The highest BCUT2D eigenvalue weighted by Gasteiger charge is 2.32. The van der Waals surface area contributed by atoms with Gasteiger partial charge in [-0.05, 0) is 19.4 Å². The van der Waals surface area contributed by atoms with Crippen LogP contribution in [0.25, 0.3) is 5.70 Å². The molecule has 0 bridgehead atoms. The summed E-state index contributed by atoms with van der Waals surface area (Å²) in [6, 6.07) is 6.95. The first-order chi connectivity index (χ1) is 15.2. The molecular formula is C22H24F2N6O2. The van der Waals surface area contributed by atoms with Crippen LogP contribution in [0, 0.1) is 6.92 Å². The molecular weight excluding hydrogens is 418 g/mol. The van der Waals surface area contributed by atoms with Crippen molar-refractivity contribution in [3.8, 4) is 0 Å². The van der Waals surface area contributed by atoms with Crippen LogP contribution >= 0.6 is 0 Å². The minimum Gasteiger partial charge on any atom is -0.382 e. The first kappa shape index (κ1) is 22.9. The molecule has 1 aromatic heterocycles. The van der Waals surface area contributed by atoms with Gasteiger partial charge in [0.25, 0.3) is 11.5 Å². The number of aliphatic imine (C=N–C) groups is 1. The number of alkyl halides is 2. The van der Waals surface area contributed by atoms with Crippen molar-refractivity contribution in [1.29, 1.82) is 0 Å². The molecule has 1 unspecified atom stereocenters. The highest BCUT2D eigenvalue weighted by molar-refractivity contribution is 6.19. The first-order valence-electron chi connectivity index (χ1n) is 9.86. The number of carbonyl (C=O) groups is 1. The van der Waals surface area contributed by atoms with Crippen molar-refractivity contribution < 1.29 is 13.6 Å². The summed E-state index contributed by atoms with van der Waals surface area (Å²) in [6.07, 6.45) is 1.89. The molecule has 1 amide bonds. The van der Waals surface area contributed by atoms with Gasteiger partial charge < -0.3 is 16.4 Å². The van der Waals surface area contributed by atoms with E-state index in [1.165, 1.54) is 35.0 Å². The Morgan fingerprint density at radius 1 is 1.31 bits per heavy atom. The number of amides is 1. The van der Waals surface area contributed by atoms with Crippen LogP contribution in [0.5, 0.6) is 0 Å². The molecule has 0 fully saturated rings. The van der Waals surface area contributed by atoms with Crippen LogP contribution in [0.15, 0.2) is 64.0 Å². The molecule has 0 aliphatic carbocycles. The lowest BCUT2D eigenvalue weighted by atomic mass is 9.95. The van der Waals surface area contributed by atoms with Gasteiger partial charge in [-0.1, -0.05) is 36.9 Å². The Morgan fingerprint density at radius 2 is 2.00 bits per heavy atom. The molecule has 2 aromatic rings. The number of hydrogen-bond donors (Lipinski definition) is 3. The Bertz CT molecular complexity index is 1150. The monoisotopic (exact) mass is 442 g/mol. The normalized spacial score (nSPS) is 16.6. The molecule has 1 aliphatic rings. The molecule has 0 saturated carbocycles. The average Bonchev–Trinajstić information content (AvgIpc) is 2.76. The predicted molar refractivity (Wildman–Crippen MR) is 120 cm³/mol. The topological polar surface area (TPSA) is 114 Å².